The van der Waals surface area contributed by atoms with Crippen LogP contribution in [-0.4, -0.2) is 29.5 Å². The van der Waals surface area contributed by atoms with E-state index in [2.05, 4.69) is 16.0 Å². The van der Waals surface area contributed by atoms with Crippen LogP contribution in [0.4, 0.5) is 0 Å². The van der Waals surface area contributed by atoms with E-state index in [0.717, 1.165) is 42.6 Å². The SMILES string of the molecule is c1ccc(Oc2cccc(Oc3ccc4c5ccc(Oc6cccc(Oc7ccccn7)c6)cc5n(-c5ncc(-c6nc7ccccc7s6)cn5)c4c3)c2)nc1. The topological polar surface area (TPSA) is 106 Å². The molecule has 0 radical (unpaired) electrons. The van der Waals surface area contributed by atoms with Crippen molar-refractivity contribution in [2.45, 2.75) is 0 Å². The molecule has 5 aromatic heterocycles. The number of para-hydroxylation sites is 1. The lowest BCUT2D eigenvalue weighted by Crippen LogP contribution is -2.01. The number of ether oxygens (including phenoxy) is 4. The Kier molecular flexibility index (Phi) is 8.43. The van der Waals surface area contributed by atoms with E-state index in [1.54, 1.807) is 35.9 Å². The van der Waals surface area contributed by atoms with Crippen molar-refractivity contribution in [3.05, 3.63) is 170 Å². The van der Waals surface area contributed by atoms with Crippen molar-refractivity contribution in [2.24, 2.45) is 0 Å². The van der Waals surface area contributed by atoms with Crippen molar-refractivity contribution in [1.29, 1.82) is 0 Å². The zero-order valence-corrected chi connectivity index (χ0v) is 30.2. The highest BCUT2D eigenvalue weighted by molar-refractivity contribution is 7.21. The van der Waals surface area contributed by atoms with Crippen molar-refractivity contribution in [3.63, 3.8) is 0 Å². The first kappa shape index (κ1) is 33.0. The maximum absolute atomic E-state index is 6.41. The van der Waals surface area contributed by atoms with Gasteiger partial charge in [0.1, 0.15) is 39.5 Å². The van der Waals surface area contributed by atoms with E-state index in [-0.39, 0.29) is 0 Å². The second-order valence-corrected chi connectivity index (χ2v) is 13.7. The Bertz CT molecular complexity index is 2810. The lowest BCUT2D eigenvalue weighted by molar-refractivity contribution is 0.448. The van der Waals surface area contributed by atoms with Crippen LogP contribution >= 0.6 is 11.3 Å². The number of hydrogen-bond donors (Lipinski definition) is 0. The van der Waals surface area contributed by atoms with Crippen molar-refractivity contribution in [1.82, 2.24) is 29.5 Å². The summed E-state index contributed by atoms with van der Waals surface area (Å²) in [7, 11) is 0. The molecule has 10 nitrogen and oxygen atoms in total. The van der Waals surface area contributed by atoms with Crippen LogP contribution in [0.1, 0.15) is 0 Å². The van der Waals surface area contributed by atoms with E-state index in [1.165, 1.54) is 0 Å². The summed E-state index contributed by atoms with van der Waals surface area (Å²) in [5.41, 5.74) is 3.49. The van der Waals surface area contributed by atoms with Crippen molar-refractivity contribution < 1.29 is 18.9 Å². The molecule has 0 saturated heterocycles. The number of nitrogens with zero attached hydrogens (tertiary/aromatic N) is 6. The molecule has 0 atom stereocenters. The van der Waals surface area contributed by atoms with E-state index in [4.69, 9.17) is 33.9 Å². The molecule has 0 bridgehead atoms. The quantitative estimate of drug-likeness (QED) is 0.135. The predicted molar refractivity (Wildman–Crippen MR) is 217 cm³/mol. The minimum absolute atomic E-state index is 0.487. The van der Waals surface area contributed by atoms with Crippen LogP contribution in [0.5, 0.6) is 46.3 Å². The van der Waals surface area contributed by atoms with Gasteiger partial charge in [0.05, 0.1) is 21.3 Å². The molecule has 10 aromatic rings. The third-order valence-corrected chi connectivity index (χ3v) is 9.98. The maximum Gasteiger partial charge on any atom is 0.234 e. The first-order chi connectivity index (χ1) is 27.7. The molecule has 0 spiro atoms. The van der Waals surface area contributed by atoms with Gasteiger partial charge in [-0.1, -0.05) is 36.4 Å². The first-order valence-electron chi connectivity index (χ1n) is 17.7. The van der Waals surface area contributed by atoms with E-state index in [1.807, 2.05) is 144 Å². The number of fused-ring (bicyclic) bond motifs is 4. The fraction of sp³-hybridized carbons (Fsp3) is 0. The maximum atomic E-state index is 6.41. The second-order valence-electron chi connectivity index (χ2n) is 12.6. The van der Waals surface area contributed by atoms with Crippen LogP contribution in [0, 0.1) is 0 Å². The summed E-state index contributed by atoms with van der Waals surface area (Å²) < 4.78 is 27.9. The van der Waals surface area contributed by atoms with E-state index < -0.39 is 0 Å². The van der Waals surface area contributed by atoms with Gasteiger partial charge in [0, 0.05) is 77.5 Å². The van der Waals surface area contributed by atoms with Gasteiger partial charge in [0.2, 0.25) is 17.7 Å². The third kappa shape index (κ3) is 6.70. The average Bonchev–Trinajstić information content (AvgIpc) is 3.81. The molecule has 0 aliphatic carbocycles. The van der Waals surface area contributed by atoms with Crippen molar-refractivity contribution >= 4 is 43.4 Å². The summed E-state index contributed by atoms with van der Waals surface area (Å²) in [6.07, 6.45) is 7.01. The van der Waals surface area contributed by atoms with Gasteiger partial charge in [-0.3, -0.25) is 4.57 Å². The van der Waals surface area contributed by atoms with Gasteiger partial charge in [-0.2, -0.15) is 0 Å². The van der Waals surface area contributed by atoms with Crippen LogP contribution < -0.4 is 18.9 Å². The number of thiazole rings is 1. The van der Waals surface area contributed by atoms with Crippen LogP contribution in [0.3, 0.4) is 0 Å². The van der Waals surface area contributed by atoms with Crippen LogP contribution in [-0.2, 0) is 0 Å². The molecule has 0 saturated carbocycles. The zero-order chi connectivity index (χ0) is 37.3. The van der Waals surface area contributed by atoms with Crippen LogP contribution in [0.25, 0.3) is 48.5 Å². The molecule has 11 heteroatoms. The van der Waals surface area contributed by atoms with Crippen molar-refractivity contribution in [3.8, 4) is 62.8 Å². The summed E-state index contributed by atoms with van der Waals surface area (Å²) in [5.74, 6) is 5.19. The number of pyridine rings is 2. The van der Waals surface area contributed by atoms with Crippen LogP contribution in [0.2, 0.25) is 0 Å². The highest BCUT2D eigenvalue weighted by Crippen LogP contribution is 2.38. The highest BCUT2D eigenvalue weighted by atomic mass is 32.1. The van der Waals surface area contributed by atoms with E-state index >= 15 is 0 Å². The Balaban J connectivity index is 1.03. The standard InChI is InChI=1S/C45H28N6O4S/c1-2-14-41-38(13-1)50-44(56-41)29-27-48-45(49-28-29)51-39-25-34(52-30-9-7-11-32(23-30)54-42-15-3-5-21-46-42)17-19-36(39)37-20-18-35(26-40(37)51)53-31-10-8-12-33(24-31)55-43-16-4-6-22-47-43/h1-28H. The van der Waals surface area contributed by atoms with Gasteiger partial charge in [-0.25, -0.2) is 24.9 Å². The molecule has 10 rings (SSSR count). The molecule has 0 unspecified atom stereocenters. The molecular formula is C45H28N6O4S. The Morgan fingerprint density at radius 3 is 1.50 bits per heavy atom. The van der Waals surface area contributed by atoms with Gasteiger partial charge >= 0.3 is 0 Å². The molecule has 5 aromatic carbocycles. The fourth-order valence-corrected chi connectivity index (χ4v) is 7.33. The second kappa shape index (κ2) is 14.3. The summed E-state index contributed by atoms with van der Waals surface area (Å²) in [6.45, 7) is 0. The molecule has 268 valence electrons. The van der Waals surface area contributed by atoms with Gasteiger partial charge in [0.15, 0.2) is 0 Å². The molecular weight excluding hydrogens is 721 g/mol. The summed E-state index contributed by atoms with van der Waals surface area (Å²) >= 11 is 1.61. The Morgan fingerprint density at radius 2 is 0.964 bits per heavy atom. The number of hydrogen-bond acceptors (Lipinski definition) is 10. The Morgan fingerprint density at radius 1 is 0.446 bits per heavy atom. The van der Waals surface area contributed by atoms with E-state index in [9.17, 15) is 0 Å². The molecule has 0 fully saturated rings. The number of benzene rings is 5. The lowest BCUT2D eigenvalue weighted by atomic mass is 10.1. The Labute approximate surface area is 323 Å². The average molecular weight is 749 g/mol. The first-order valence-corrected chi connectivity index (χ1v) is 18.5. The van der Waals surface area contributed by atoms with Crippen LogP contribution in [0.15, 0.2) is 170 Å². The predicted octanol–water partition coefficient (Wildman–Crippen LogP) is 11.8. The summed E-state index contributed by atoms with van der Waals surface area (Å²) in [4.78, 5) is 23.1. The molecule has 0 aliphatic heterocycles. The Hall–Kier alpha value is -7.63. The molecule has 0 amide bonds. The fourth-order valence-electron chi connectivity index (χ4n) is 6.39. The normalized spacial score (nSPS) is 11.2. The van der Waals surface area contributed by atoms with Gasteiger partial charge in [0.25, 0.3) is 0 Å². The minimum Gasteiger partial charge on any atom is -0.457 e. The monoisotopic (exact) mass is 748 g/mol. The van der Waals surface area contributed by atoms with Gasteiger partial charge in [-0.15, -0.1) is 11.3 Å². The molecule has 0 aliphatic rings. The van der Waals surface area contributed by atoms with Crippen molar-refractivity contribution in [2.75, 3.05) is 0 Å². The van der Waals surface area contributed by atoms with E-state index in [0.29, 0.717) is 52.2 Å². The third-order valence-electron chi connectivity index (χ3n) is 8.89. The lowest BCUT2D eigenvalue weighted by Gasteiger charge is -2.11. The highest BCUT2D eigenvalue weighted by Gasteiger charge is 2.18. The smallest absolute Gasteiger partial charge is 0.234 e. The minimum atomic E-state index is 0.487. The zero-order valence-electron chi connectivity index (χ0n) is 29.4. The summed E-state index contributed by atoms with van der Waals surface area (Å²) in [5, 5.41) is 2.85. The molecule has 56 heavy (non-hydrogen) atoms. The number of aromatic nitrogens is 6. The van der Waals surface area contributed by atoms with Gasteiger partial charge in [-0.05, 0) is 72.8 Å². The van der Waals surface area contributed by atoms with Gasteiger partial charge < -0.3 is 18.9 Å². The number of rotatable bonds is 10. The molecule has 5 heterocycles. The summed E-state index contributed by atoms with van der Waals surface area (Å²) in [6, 6.07) is 46.0. The molecule has 0 N–H and O–H groups in total. The largest absolute Gasteiger partial charge is 0.457 e.